The summed E-state index contributed by atoms with van der Waals surface area (Å²) in [7, 11) is 0. The molecule has 15 nitrogen and oxygen atoms in total. The van der Waals surface area contributed by atoms with Gasteiger partial charge in [0, 0.05) is 68.6 Å². The van der Waals surface area contributed by atoms with E-state index in [0.717, 1.165) is 47.6 Å². The van der Waals surface area contributed by atoms with E-state index in [2.05, 4.69) is 42.5 Å². The van der Waals surface area contributed by atoms with Gasteiger partial charge >= 0.3 is 6.09 Å². The van der Waals surface area contributed by atoms with Crippen molar-refractivity contribution in [2.75, 3.05) is 61.0 Å². The number of imide groups is 1. The number of fused-ring (bicyclic) bond motifs is 2. The number of nitrogens with zero attached hydrogens (tertiary/aromatic N) is 7. The van der Waals surface area contributed by atoms with E-state index in [1.807, 2.05) is 44.7 Å². The number of hydrogen-bond donors (Lipinski definition) is 2. The summed E-state index contributed by atoms with van der Waals surface area (Å²) in [5.74, 6) is -0.177. The van der Waals surface area contributed by atoms with E-state index in [1.165, 1.54) is 11.6 Å². The number of hydrogen-bond acceptors (Lipinski definition) is 12. The summed E-state index contributed by atoms with van der Waals surface area (Å²) in [5, 5.41) is 5.58. The van der Waals surface area contributed by atoms with Crippen LogP contribution >= 0.6 is 0 Å². The van der Waals surface area contributed by atoms with Crippen LogP contribution in [0.3, 0.4) is 0 Å². The molecule has 0 bridgehead atoms. The van der Waals surface area contributed by atoms with E-state index >= 15 is 4.39 Å². The molecule has 7 heterocycles. The Bertz CT molecular complexity index is 2420. The predicted molar refractivity (Wildman–Crippen MR) is 229 cm³/mol. The summed E-state index contributed by atoms with van der Waals surface area (Å²) in [6.45, 7) is 12.4. The van der Waals surface area contributed by atoms with E-state index in [0.29, 0.717) is 93.3 Å². The molecule has 0 radical (unpaired) electrons. The number of likely N-dealkylation sites (tertiary alicyclic amines) is 2. The van der Waals surface area contributed by atoms with Crippen LogP contribution in [0.1, 0.15) is 85.4 Å². The zero-order valence-electron chi connectivity index (χ0n) is 35.6. The smallest absolute Gasteiger partial charge is 0.415 e. The van der Waals surface area contributed by atoms with Crippen molar-refractivity contribution in [3.8, 4) is 5.88 Å². The number of amides is 4. The summed E-state index contributed by atoms with van der Waals surface area (Å²) < 4.78 is 27.0. The van der Waals surface area contributed by atoms with Crippen molar-refractivity contribution in [3.05, 3.63) is 94.2 Å². The molecule has 2 atom stereocenters. The monoisotopic (exact) mass is 845 g/mol. The van der Waals surface area contributed by atoms with E-state index in [9.17, 15) is 19.2 Å². The lowest BCUT2D eigenvalue weighted by Crippen LogP contribution is -2.51. The first-order chi connectivity index (χ1) is 29.8. The maximum absolute atomic E-state index is 15.5. The molecule has 16 heteroatoms. The van der Waals surface area contributed by atoms with Crippen molar-refractivity contribution in [2.45, 2.75) is 89.8 Å². The molecule has 3 fully saturated rings. The molecule has 4 amide bonds. The highest BCUT2D eigenvalue weighted by atomic mass is 19.1. The highest BCUT2D eigenvalue weighted by Crippen LogP contribution is 2.40. The summed E-state index contributed by atoms with van der Waals surface area (Å²) in [4.78, 5) is 72.3. The fourth-order valence-electron chi connectivity index (χ4n) is 9.19. The Morgan fingerprint density at radius 1 is 0.968 bits per heavy atom. The second-order valence-corrected chi connectivity index (χ2v) is 18.0. The Morgan fingerprint density at radius 2 is 1.76 bits per heavy atom. The number of rotatable bonds is 8. The van der Waals surface area contributed by atoms with Gasteiger partial charge in [0.1, 0.15) is 23.7 Å². The molecule has 2 aromatic carbocycles. The molecule has 5 aliphatic rings. The largest absolute Gasteiger partial charge is 0.474 e. The SMILES string of the molecule is Cc1c(N2CCc3cnc(Nc4ccc(CC(=O)N5CCC(N6CC(c7ccc(C8CCC(=O)NC8=O)cc7)C6)C5)c(F)c4)nc3C2)cnc2c1N(C(=O)OC(C)(C)C)CCO2. The van der Waals surface area contributed by atoms with Crippen molar-refractivity contribution in [3.63, 3.8) is 0 Å². The molecule has 0 saturated carbocycles. The molecule has 62 heavy (non-hydrogen) atoms. The lowest BCUT2D eigenvalue weighted by molar-refractivity contribution is -0.134. The second kappa shape index (κ2) is 16.6. The van der Waals surface area contributed by atoms with Gasteiger partial charge in [-0.3, -0.25) is 29.5 Å². The standard InChI is InChI=1S/C46H52FN9O6/c1-27-38(22-48-43-41(27)56(17-18-61-43)45(60)62-46(2,3)4)53-15-13-31-21-49-44(51-37(31)26-53)50-33-10-9-30(36(47)20-33)19-40(58)54-16-14-34(25-54)55-23-32(24-55)28-5-7-29(8-6-28)35-11-12-39(57)52-42(35)59/h5-10,20-22,32,34-35H,11-19,23-26H2,1-4H3,(H,49,50,51)(H,52,57,59). The Hall–Kier alpha value is -6.16. The average molecular weight is 846 g/mol. The minimum Gasteiger partial charge on any atom is -0.474 e. The lowest BCUT2D eigenvalue weighted by atomic mass is 9.86. The van der Waals surface area contributed by atoms with Gasteiger partial charge in [-0.1, -0.05) is 30.3 Å². The molecule has 2 N–H and O–H groups in total. The van der Waals surface area contributed by atoms with Crippen molar-refractivity contribution < 1.29 is 33.0 Å². The number of halogens is 1. The summed E-state index contributed by atoms with van der Waals surface area (Å²) in [5.41, 5.74) is 6.48. The zero-order chi connectivity index (χ0) is 43.3. The normalized spacial score (nSPS) is 20.5. The van der Waals surface area contributed by atoms with Gasteiger partial charge in [-0.05, 0) is 81.3 Å². The first-order valence-electron chi connectivity index (χ1n) is 21.5. The predicted octanol–water partition coefficient (Wildman–Crippen LogP) is 5.52. The Labute approximate surface area is 360 Å². The third-order valence-corrected chi connectivity index (χ3v) is 12.6. The van der Waals surface area contributed by atoms with Crippen LogP contribution in [0, 0.1) is 12.7 Å². The number of carbonyl (C=O) groups excluding carboxylic acids is 4. The summed E-state index contributed by atoms with van der Waals surface area (Å²) in [6, 6.07) is 13.2. The highest BCUT2D eigenvalue weighted by molar-refractivity contribution is 6.01. The molecule has 5 aliphatic heterocycles. The number of nitrogens with one attached hydrogen (secondary N) is 2. The van der Waals surface area contributed by atoms with Crippen molar-refractivity contribution >= 4 is 46.8 Å². The highest BCUT2D eigenvalue weighted by Gasteiger charge is 2.38. The zero-order valence-corrected chi connectivity index (χ0v) is 35.6. The first kappa shape index (κ1) is 41.2. The number of piperidine rings is 1. The molecule has 0 aliphatic carbocycles. The third kappa shape index (κ3) is 8.52. The van der Waals surface area contributed by atoms with Crippen LogP contribution in [-0.2, 0) is 38.5 Å². The van der Waals surface area contributed by atoms with Crippen LogP contribution in [0.15, 0.2) is 54.9 Å². The van der Waals surface area contributed by atoms with Crippen LogP contribution in [0.4, 0.5) is 32.2 Å². The molecule has 0 spiro atoms. The summed E-state index contributed by atoms with van der Waals surface area (Å²) >= 11 is 0. The molecule has 4 aromatic rings. The number of aromatic nitrogens is 3. The third-order valence-electron chi connectivity index (χ3n) is 12.6. The van der Waals surface area contributed by atoms with Gasteiger partial charge in [0.05, 0.1) is 43.0 Å². The maximum Gasteiger partial charge on any atom is 0.415 e. The van der Waals surface area contributed by atoms with Crippen LogP contribution in [0.5, 0.6) is 5.88 Å². The quantitative estimate of drug-likeness (QED) is 0.214. The fraction of sp³-hybridized carbons (Fsp3) is 0.457. The van der Waals surface area contributed by atoms with Gasteiger partial charge in [0.2, 0.25) is 29.5 Å². The van der Waals surface area contributed by atoms with Gasteiger partial charge in [-0.2, -0.15) is 0 Å². The fourth-order valence-corrected chi connectivity index (χ4v) is 9.19. The molecule has 2 unspecified atom stereocenters. The van der Waals surface area contributed by atoms with Crippen LogP contribution in [0.25, 0.3) is 0 Å². The van der Waals surface area contributed by atoms with E-state index < -0.39 is 17.5 Å². The molecular weight excluding hydrogens is 794 g/mol. The Kier molecular flexibility index (Phi) is 11.0. The Morgan fingerprint density at radius 3 is 2.52 bits per heavy atom. The van der Waals surface area contributed by atoms with E-state index in [-0.39, 0.29) is 36.1 Å². The lowest BCUT2D eigenvalue weighted by Gasteiger charge is -2.43. The molecular formula is C46H52FN9O6. The van der Waals surface area contributed by atoms with E-state index in [1.54, 1.807) is 29.4 Å². The van der Waals surface area contributed by atoms with Crippen molar-refractivity contribution in [1.29, 1.82) is 0 Å². The second-order valence-electron chi connectivity index (χ2n) is 18.0. The number of benzene rings is 2. The number of carbonyl (C=O) groups is 4. The van der Waals surface area contributed by atoms with Gasteiger partial charge in [0.15, 0.2) is 0 Å². The van der Waals surface area contributed by atoms with Crippen molar-refractivity contribution in [2.24, 2.45) is 0 Å². The van der Waals surface area contributed by atoms with Crippen LogP contribution in [-0.4, -0.2) is 106 Å². The first-order valence-corrected chi connectivity index (χ1v) is 21.5. The van der Waals surface area contributed by atoms with Gasteiger partial charge in [-0.15, -0.1) is 0 Å². The van der Waals surface area contributed by atoms with Crippen molar-refractivity contribution in [1.82, 2.24) is 30.1 Å². The Balaban J connectivity index is 0.777. The molecule has 9 rings (SSSR count). The molecule has 2 aromatic heterocycles. The maximum atomic E-state index is 15.5. The topological polar surface area (TPSA) is 162 Å². The molecule has 324 valence electrons. The van der Waals surface area contributed by atoms with Crippen LogP contribution in [0.2, 0.25) is 0 Å². The average Bonchev–Trinajstić information content (AvgIpc) is 3.71. The minimum absolute atomic E-state index is 0.0230. The molecule has 3 saturated heterocycles. The van der Waals surface area contributed by atoms with E-state index in [4.69, 9.17) is 14.5 Å². The number of ether oxygens (including phenoxy) is 2. The minimum atomic E-state index is -0.649. The number of anilines is 4. The van der Waals surface area contributed by atoms with Gasteiger partial charge < -0.3 is 24.6 Å². The van der Waals surface area contributed by atoms with Gasteiger partial charge in [0.25, 0.3) is 0 Å². The van der Waals surface area contributed by atoms with Gasteiger partial charge in [-0.25, -0.2) is 24.1 Å². The van der Waals surface area contributed by atoms with Crippen LogP contribution < -0.4 is 25.2 Å². The number of pyridine rings is 1. The summed E-state index contributed by atoms with van der Waals surface area (Å²) in [6.07, 6.45) is 5.58.